The largest absolute Gasteiger partial charge is 0.418 e. The monoisotopic (exact) mass is 269 g/mol. The van der Waals surface area contributed by atoms with Crippen LogP contribution in [0.15, 0.2) is 24.3 Å². The van der Waals surface area contributed by atoms with E-state index in [-0.39, 0.29) is 5.69 Å². The first-order valence-corrected chi connectivity index (χ1v) is 6.96. The Morgan fingerprint density at radius 3 is 2.16 bits per heavy atom. The number of anilines is 1. The molecule has 1 aromatic carbocycles. The first kappa shape index (κ1) is 12.8. The molecule has 0 bridgehead atoms. The van der Waals surface area contributed by atoms with Crippen LogP contribution in [0.4, 0.5) is 18.9 Å². The van der Waals surface area contributed by atoms with Crippen molar-refractivity contribution >= 4 is 5.69 Å². The first-order valence-electron chi connectivity index (χ1n) is 6.96. The van der Waals surface area contributed by atoms with Crippen LogP contribution in [0.2, 0.25) is 0 Å². The molecule has 2 fully saturated rings. The Bertz CT molecular complexity index is 435. The molecule has 0 spiro atoms. The van der Waals surface area contributed by atoms with Crippen molar-refractivity contribution in [1.82, 2.24) is 0 Å². The summed E-state index contributed by atoms with van der Waals surface area (Å²) < 4.78 is 38.6. The van der Waals surface area contributed by atoms with Crippen molar-refractivity contribution in [2.75, 3.05) is 11.9 Å². The zero-order valence-electron chi connectivity index (χ0n) is 10.7. The highest BCUT2D eigenvalue weighted by Crippen LogP contribution is 2.49. The molecule has 0 atom stereocenters. The van der Waals surface area contributed by atoms with Crippen LogP contribution in [0.25, 0.3) is 0 Å². The quantitative estimate of drug-likeness (QED) is 0.826. The van der Waals surface area contributed by atoms with Crippen LogP contribution in [0.1, 0.15) is 31.2 Å². The number of hydrogen-bond acceptors (Lipinski definition) is 1. The molecule has 1 nitrogen and oxygen atoms in total. The highest BCUT2D eigenvalue weighted by molar-refractivity contribution is 5.52. The Kier molecular flexibility index (Phi) is 3.19. The summed E-state index contributed by atoms with van der Waals surface area (Å²) in [6.07, 6.45) is 0.735. The summed E-state index contributed by atoms with van der Waals surface area (Å²) in [6, 6.07) is 5.76. The molecule has 19 heavy (non-hydrogen) atoms. The summed E-state index contributed by atoms with van der Waals surface area (Å²) in [5, 5.41) is 3.04. The Morgan fingerprint density at radius 1 is 1.05 bits per heavy atom. The lowest BCUT2D eigenvalue weighted by Crippen LogP contribution is -2.20. The predicted molar refractivity (Wildman–Crippen MR) is 68.9 cm³/mol. The average Bonchev–Trinajstić information content (AvgIpc) is 3.23. The molecule has 0 amide bonds. The molecule has 4 heteroatoms. The van der Waals surface area contributed by atoms with Gasteiger partial charge in [-0.15, -0.1) is 0 Å². The van der Waals surface area contributed by atoms with Crippen molar-refractivity contribution < 1.29 is 13.2 Å². The third-order valence-electron chi connectivity index (χ3n) is 4.22. The molecule has 0 radical (unpaired) electrons. The van der Waals surface area contributed by atoms with E-state index in [4.69, 9.17) is 0 Å². The summed E-state index contributed by atoms with van der Waals surface area (Å²) in [6.45, 7) is 0.683. The minimum atomic E-state index is -4.28. The average molecular weight is 269 g/mol. The molecule has 0 aliphatic heterocycles. The van der Waals surface area contributed by atoms with Gasteiger partial charge in [-0.05, 0) is 55.6 Å². The van der Waals surface area contributed by atoms with Crippen LogP contribution in [0, 0.1) is 17.8 Å². The lowest BCUT2D eigenvalue weighted by molar-refractivity contribution is -0.136. The van der Waals surface area contributed by atoms with Gasteiger partial charge in [-0.2, -0.15) is 13.2 Å². The smallest absolute Gasteiger partial charge is 0.384 e. The fraction of sp³-hybridized carbons (Fsp3) is 0.600. The minimum Gasteiger partial charge on any atom is -0.384 e. The number of halogens is 3. The van der Waals surface area contributed by atoms with Gasteiger partial charge < -0.3 is 5.32 Å². The van der Waals surface area contributed by atoms with Crippen LogP contribution in [-0.4, -0.2) is 6.54 Å². The molecule has 104 valence electrons. The van der Waals surface area contributed by atoms with Crippen molar-refractivity contribution in [3.63, 3.8) is 0 Å². The number of benzene rings is 1. The van der Waals surface area contributed by atoms with Crippen molar-refractivity contribution in [3.05, 3.63) is 29.8 Å². The predicted octanol–water partition coefficient (Wildman–Crippen LogP) is 4.55. The molecule has 2 aliphatic carbocycles. The molecular formula is C15H18F3N. The topological polar surface area (TPSA) is 12.0 Å². The molecule has 0 unspecified atom stereocenters. The highest BCUT2D eigenvalue weighted by Gasteiger charge is 2.41. The minimum absolute atomic E-state index is 0.223. The zero-order valence-corrected chi connectivity index (χ0v) is 10.7. The maximum Gasteiger partial charge on any atom is 0.418 e. The van der Waals surface area contributed by atoms with Gasteiger partial charge >= 0.3 is 6.18 Å². The lowest BCUT2D eigenvalue weighted by Gasteiger charge is -2.19. The lowest BCUT2D eigenvalue weighted by atomic mass is 9.97. The molecule has 1 aromatic rings. The van der Waals surface area contributed by atoms with Crippen LogP contribution < -0.4 is 5.32 Å². The molecule has 0 heterocycles. The second kappa shape index (κ2) is 4.73. The van der Waals surface area contributed by atoms with E-state index in [2.05, 4.69) is 5.32 Å². The number of rotatable bonds is 5. The second-order valence-corrected chi connectivity index (χ2v) is 5.76. The van der Waals surface area contributed by atoms with Crippen LogP contribution in [0.3, 0.4) is 0 Å². The van der Waals surface area contributed by atoms with E-state index >= 15 is 0 Å². The van der Waals surface area contributed by atoms with Crippen molar-refractivity contribution in [2.24, 2.45) is 17.8 Å². The van der Waals surface area contributed by atoms with Gasteiger partial charge in [-0.25, -0.2) is 0 Å². The number of nitrogens with one attached hydrogen (secondary N) is 1. The van der Waals surface area contributed by atoms with E-state index < -0.39 is 11.7 Å². The van der Waals surface area contributed by atoms with Gasteiger partial charge in [0.2, 0.25) is 0 Å². The molecule has 2 saturated carbocycles. The van der Waals surface area contributed by atoms with Crippen molar-refractivity contribution in [1.29, 1.82) is 0 Å². The summed E-state index contributed by atoms with van der Waals surface area (Å²) in [5.74, 6) is 2.07. The van der Waals surface area contributed by atoms with Crippen molar-refractivity contribution in [2.45, 2.75) is 31.9 Å². The molecule has 0 saturated heterocycles. The first-order chi connectivity index (χ1) is 9.05. The fourth-order valence-electron chi connectivity index (χ4n) is 2.88. The van der Waals surface area contributed by atoms with Gasteiger partial charge in [-0.1, -0.05) is 12.1 Å². The van der Waals surface area contributed by atoms with E-state index in [1.807, 2.05) is 0 Å². The van der Waals surface area contributed by atoms with Crippen LogP contribution >= 0.6 is 0 Å². The van der Waals surface area contributed by atoms with Crippen LogP contribution in [-0.2, 0) is 6.18 Å². The normalized spacial score (nSPS) is 19.8. The van der Waals surface area contributed by atoms with Gasteiger partial charge in [0, 0.05) is 12.2 Å². The molecule has 3 rings (SSSR count). The summed E-state index contributed by atoms with van der Waals surface area (Å²) in [4.78, 5) is 0. The summed E-state index contributed by atoms with van der Waals surface area (Å²) >= 11 is 0. The Balaban J connectivity index is 1.69. The molecule has 1 N–H and O–H groups in total. The van der Waals surface area contributed by atoms with Gasteiger partial charge in [0.05, 0.1) is 5.56 Å². The van der Waals surface area contributed by atoms with Crippen molar-refractivity contribution in [3.8, 4) is 0 Å². The SMILES string of the molecule is FC(F)(F)c1ccccc1NCC(C1CC1)C1CC1. The fourth-order valence-corrected chi connectivity index (χ4v) is 2.88. The van der Waals surface area contributed by atoms with Gasteiger partial charge in [-0.3, -0.25) is 0 Å². The standard InChI is InChI=1S/C15H18F3N/c16-15(17,18)13-3-1-2-4-14(13)19-9-12(10-5-6-10)11-7-8-11/h1-4,10-12,19H,5-9H2. The Morgan fingerprint density at radius 2 is 1.63 bits per heavy atom. The van der Waals surface area contributed by atoms with E-state index in [9.17, 15) is 13.2 Å². The van der Waals surface area contributed by atoms with Crippen LogP contribution in [0.5, 0.6) is 0 Å². The van der Waals surface area contributed by atoms with E-state index in [1.54, 1.807) is 6.07 Å². The maximum atomic E-state index is 12.9. The third kappa shape index (κ3) is 3.04. The summed E-state index contributed by atoms with van der Waals surface area (Å²) in [7, 11) is 0. The Labute approximate surface area is 111 Å². The highest BCUT2D eigenvalue weighted by atomic mass is 19.4. The Hall–Kier alpha value is -1.19. The third-order valence-corrected chi connectivity index (χ3v) is 4.22. The van der Waals surface area contributed by atoms with Gasteiger partial charge in [0.25, 0.3) is 0 Å². The van der Waals surface area contributed by atoms with E-state index in [0.717, 1.165) is 17.9 Å². The number of alkyl halides is 3. The van der Waals surface area contributed by atoms with Gasteiger partial charge in [0.15, 0.2) is 0 Å². The molecule has 2 aliphatic rings. The second-order valence-electron chi connectivity index (χ2n) is 5.76. The summed E-state index contributed by atoms with van der Waals surface area (Å²) in [5.41, 5.74) is -0.332. The van der Waals surface area contributed by atoms with E-state index in [0.29, 0.717) is 12.5 Å². The molecule has 0 aromatic heterocycles. The zero-order chi connectivity index (χ0) is 13.5. The van der Waals surface area contributed by atoms with Gasteiger partial charge in [0.1, 0.15) is 0 Å². The number of hydrogen-bond donors (Lipinski definition) is 1. The van der Waals surface area contributed by atoms with E-state index in [1.165, 1.54) is 37.8 Å². The maximum absolute atomic E-state index is 12.9. The molecular weight excluding hydrogens is 251 g/mol. The number of para-hydroxylation sites is 1.